The lowest BCUT2D eigenvalue weighted by Gasteiger charge is -2.22. The van der Waals surface area contributed by atoms with Gasteiger partial charge in [-0.25, -0.2) is 4.79 Å². The summed E-state index contributed by atoms with van der Waals surface area (Å²) in [6, 6.07) is 0. The van der Waals surface area contributed by atoms with Crippen LogP contribution in [-0.2, 0) is 28.7 Å². The summed E-state index contributed by atoms with van der Waals surface area (Å²) >= 11 is 0. The number of ether oxygens (including phenoxy) is 2. The number of aliphatic carboxylic acids is 2. The van der Waals surface area contributed by atoms with Crippen molar-refractivity contribution >= 4 is 23.9 Å². The van der Waals surface area contributed by atoms with Crippen LogP contribution in [0.1, 0.15) is 34.1 Å². The highest BCUT2D eigenvalue weighted by molar-refractivity contribution is 5.96. The van der Waals surface area contributed by atoms with E-state index in [1.807, 2.05) is 0 Å². The summed E-state index contributed by atoms with van der Waals surface area (Å²) in [5, 5.41) is 18.2. The molecule has 8 nitrogen and oxygen atoms in total. The van der Waals surface area contributed by atoms with Gasteiger partial charge in [0.1, 0.15) is 0 Å². The van der Waals surface area contributed by atoms with E-state index in [1.165, 1.54) is 13.8 Å². The molecule has 0 aliphatic rings. The van der Waals surface area contributed by atoms with Gasteiger partial charge in [0.2, 0.25) is 0 Å². The molecule has 130 valence electrons. The van der Waals surface area contributed by atoms with Gasteiger partial charge < -0.3 is 19.7 Å². The molecule has 0 aromatic carbocycles. The van der Waals surface area contributed by atoms with Crippen molar-refractivity contribution in [3.05, 3.63) is 11.1 Å². The Morgan fingerprint density at radius 1 is 0.870 bits per heavy atom. The molecule has 0 aromatic heterocycles. The van der Waals surface area contributed by atoms with Gasteiger partial charge in [-0.3, -0.25) is 14.4 Å². The van der Waals surface area contributed by atoms with Gasteiger partial charge in [-0.2, -0.15) is 0 Å². The van der Waals surface area contributed by atoms with E-state index in [2.05, 4.69) is 0 Å². The van der Waals surface area contributed by atoms with Crippen molar-refractivity contribution in [3.63, 3.8) is 0 Å². The average Bonchev–Trinajstić information content (AvgIpc) is 2.45. The summed E-state index contributed by atoms with van der Waals surface area (Å²) in [4.78, 5) is 46.2. The lowest BCUT2D eigenvalue weighted by atomic mass is 9.84. The zero-order valence-electron chi connectivity index (χ0n) is 13.6. The molecule has 0 saturated carbocycles. The summed E-state index contributed by atoms with van der Waals surface area (Å²) < 4.78 is 9.69. The molecule has 2 unspecified atom stereocenters. The van der Waals surface area contributed by atoms with Crippen molar-refractivity contribution in [2.45, 2.75) is 34.1 Å². The predicted molar refractivity (Wildman–Crippen MR) is 78.5 cm³/mol. The average molecular weight is 330 g/mol. The first-order valence-electron chi connectivity index (χ1n) is 7.18. The number of esters is 2. The second kappa shape index (κ2) is 9.60. The first kappa shape index (κ1) is 20.6. The van der Waals surface area contributed by atoms with E-state index < -0.39 is 47.7 Å². The van der Waals surface area contributed by atoms with Crippen LogP contribution in [0.15, 0.2) is 11.1 Å². The van der Waals surface area contributed by atoms with Gasteiger partial charge >= 0.3 is 23.9 Å². The van der Waals surface area contributed by atoms with Crippen LogP contribution in [0.25, 0.3) is 0 Å². The molecule has 2 atom stereocenters. The molecule has 2 N–H and O–H groups in total. The quantitative estimate of drug-likeness (QED) is 0.477. The lowest BCUT2D eigenvalue weighted by Crippen LogP contribution is -2.29. The Balaban J connectivity index is 6.03. The fourth-order valence-corrected chi connectivity index (χ4v) is 2.14. The van der Waals surface area contributed by atoms with Crippen molar-refractivity contribution in [2.75, 3.05) is 13.2 Å². The Kier molecular flexibility index (Phi) is 8.61. The Morgan fingerprint density at radius 2 is 1.26 bits per heavy atom. The molecule has 0 aliphatic heterocycles. The van der Waals surface area contributed by atoms with Crippen LogP contribution in [0.3, 0.4) is 0 Å². The Morgan fingerprint density at radius 3 is 1.52 bits per heavy atom. The van der Waals surface area contributed by atoms with E-state index in [-0.39, 0.29) is 18.8 Å². The van der Waals surface area contributed by atoms with Gasteiger partial charge in [-0.05, 0) is 33.3 Å². The number of carboxylic acid groups (broad SMARTS) is 2. The maximum absolute atomic E-state index is 11.9. The topological polar surface area (TPSA) is 127 Å². The standard InChI is InChI=1S/C15H22O8/c1-5-22-14(20)8(3)12(9(4)15(21)23-6-2)10(13(18)19)7-11(16)17/h8-9H,5-7H2,1-4H3,(H,16,17)(H,18,19). The second-order valence-electron chi connectivity index (χ2n) is 4.76. The van der Waals surface area contributed by atoms with Crippen molar-refractivity contribution in [1.29, 1.82) is 0 Å². The van der Waals surface area contributed by atoms with Gasteiger partial charge in [0, 0.05) is 5.57 Å². The van der Waals surface area contributed by atoms with E-state index in [0.717, 1.165) is 0 Å². The first-order chi connectivity index (χ1) is 10.7. The number of carbonyl (C=O) groups excluding carboxylic acids is 2. The molecule has 0 aliphatic carbocycles. The minimum atomic E-state index is -1.50. The van der Waals surface area contributed by atoms with E-state index in [1.54, 1.807) is 13.8 Å². The highest BCUT2D eigenvalue weighted by Gasteiger charge is 2.34. The maximum atomic E-state index is 11.9. The van der Waals surface area contributed by atoms with Crippen LogP contribution in [0, 0.1) is 11.8 Å². The lowest BCUT2D eigenvalue weighted by molar-refractivity contribution is -0.148. The third-order valence-corrected chi connectivity index (χ3v) is 3.15. The summed E-state index contributed by atoms with van der Waals surface area (Å²) in [5.41, 5.74) is -0.629. The van der Waals surface area contributed by atoms with Crippen LogP contribution in [-0.4, -0.2) is 47.3 Å². The molecule has 0 aromatic rings. The molecule has 8 heteroatoms. The van der Waals surface area contributed by atoms with Gasteiger partial charge in [0.15, 0.2) is 0 Å². The summed E-state index contributed by atoms with van der Waals surface area (Å²) in [6.45, 7) is 6.05. The molecule has 23 heavy (non-hydrogen) atoms. The van der Waals surface area contributed by atoms with Crippen molar-refractivity contribution in [1.82, 2.24) is 0 Å². The SMILES string of the molecule is CCOC(=O)C(C)C(=C(CC(=O)O)C(=O)O)C(C)C(=O)OCC. The predicted octanol–water partition coefficient (Wildman–Crippen LogP) is 1.24. The Labute approximate surface area is 134 Å². The van der Waals surface area contributed by atoms with E-state index in [4.69, 9.17) is 14.6 Å². The molecule has 0 amide bonds. The molecule has 0 heterocycles. The van der Waals surface area contributed by atoms with Gasteiger partial charge in [-0.1, -0.05) is 0 Å². The maximum Gasteiger partial charge on any atom is 0.332 e. The molecular weight excluding hydrogens is 308 g/mol. The molecular formula is C15H22O8. The van der Waals surface area contributed by atoms with Crippen LogP contribution in [0.5, 0.6) is 0 Å². The van der Waals surface area contributed by atoms with Crippen LogP contribution in [0.2, 0.25) is 0 Å². The number of rotatable bonds is 9. The van der Waals surface area contributed by atoms with Gasteiger partial charge in [0.25, 0.3) is 0 Å². The molecule has 0 rings (SSSR count). The largest absolute Gasteiger partial charge is 0.481 e. The minimum absolute atomic E-state index is 0.0750. The Hall–Kier alpha value is -2.38. The molecule has 0 spiro atoms. The third-order valence-electron chi connectivity index (χ3n) is 3.15. The first-order valence-corrected chi connectivity index (χ1v) is 7.18. The van der Waals surface area contributed by atoms with E-state index >= 15 is 0 Å². The monoisotopic (exact) mass is 330 g/mol. The van der Waals surface area contributed by atoms with Crippen molar-refractivity contribution < 1.29 is 38.9 Å². The van der Waals surface area contributed by atoms with Gasteiger partial charge in [0.05, 0.1) is 31.5 Å². The normalized spacial score (nSPS) is 12.7. The zero-order chi connectivity index (χ0) is 18.2. The smallest absolute Gasteiger partial charge is 0.332 e. The zero-order valence-corrected chi connectivity index (χ0v) is 13.6. The van der Waals surface area contributed by atoms with Crippen LogP contribution < -0.4 is 0 Å². The fourth-order valence-electron chi connectivity index (χ4n) is 2.14. The second-order valence-corrected chi connectivity index (χ2v) is 4.76. The molecule has 0 fully saturated rings. The summed E-state index contributed by atoms with van der Waals surface area (Å²) in [6.07, 6.45) is -0.821. The number of hydrogen-bond acceptors (Lipinski definition) is 6. The summed E-state index contributed by atoms with van der Waals surface area (Å²) in [7, 11) is 0. The molecule has 0 saturated heterocycles. The highest BCUT2D eigenvalue weighted by Crippen LogP contribution is 2.28. The van der Waals surface area contributed by atoms with E-state index in [0.29, 0.717) is 0 Å². The number of carboxylic acids is 2. The van der Waals surface area contributed by atoms with E-state index in [9.17, 15) is 24.3 Å². The van der Waals surface area contributed by atoms with Crippen molar-refractivity contribution in [3.8, 4) is 0 Å². The van der Waals surface area contributed by atoms with Crippen LogP contribution >= 0.6 is 0 Å². The molecule has 0 bridgehead atoms. The van der Waals surface area contributed by atoms with Gasteiger partial charge in [-0.15, -0.1) is 0 Å². The molecule has 0 radical (unpaired) electrons. The summed E-state index contributed by atoms with van der Waals surface area (Å²) in [5.74, 6) is -6.52. The number of carbonyl (C=O) groups is 4. The Bertz CT molecular complexity index is 480. The van der Waals surface area contributed by atoms with Crippen LogP contribution in [0.4, 0.5) is 0 Å². The third kappa shape index (κ3) is 6.09. The fraction of sp³-hybridized carbons (Fsp3) is 0.600. The highest BCUT2D eigenvalue weighted by atomic mass is 16.5. The minimum Gasteiger partial charge on any atom is -0.481 e. The van der Waals surface area contributed by atoms with Crippen molar-refractivity contribution in [2.24, 2.45) is 11.8 Å². The number of hydrogen-bond donors (Lipinski definition) is 2.